The third-order valence-corrected chi connectivity index (χ3v) is 5.12. The van der Waals surface area contributed by atoms with E-state index in [1.165, 1.54) is 0 Å². The number of nitrogens with one attached hydrogen (secondary N) is 1. The molecule has 0 aliphatic carbocycles. The Balaban J connectivity index is 2.40. The zero-order valence-electron chi connectivity index (χ0n) is 12.0. The summed E-state index contributed by atoms with van der Waals surface area (Å²) in [5.41, 5.74) is 2.03. The predicted octanol–water partition coefficient (Wildman–Crippen LogP) is 3.88. The lowest BCUT2D eigenvalue weighted by molar-refractivity contribution is 0.414. The minimum Gasteiger partial charge on any atom is -0.497 e. The van der Waals surface area contributed by atoms with Crippen LogP contribution in [0, 0.1) is 13.8 Å². The van der Waals surface area contributed by atoms with E-state index in [1.807, 2.05) is 13.0 Å². The number of hydrogen-bond donors (Lipinski definition) is 1. The average molecular weight is 370 g/mol. The molecule has 2 rings (SSSR count). The van der Waals surface area contributed by atoms with Gasteiger partial charge >= 0.3 is 0 Å². The largest absolute Gasteiger partial charge is 0.497 e. The number of aryl methyl sites for hydroxylation is 2. The van der Waals surface area contributed by atoms with Crippen molar-refractivity contribution in [1.82, 2.24) is 0 Å². The molecule has 4 nitrogen and oxygen atoms in total. The van der Waals surface area contributed by atoms with Crippen molar-refractivity contribution < 1.29 is 13.2 Å². The first-order valence-electron chi connectivity index (χ1n) is 6.27. The maximum Gasteiger partial charge on any atom is 0.262 e. The van der Waals surface area contributed by atoms with Crippen LogP contribution in [0.1, 0.15) is 11.1 Å². The molecule has 2 aromatic carbocycles. The van der Waals surface area contributed by atoms with Crippen LogP contribution in [0.4, 0.5) is 5.69 Å². The Kier molecular flexibility index (Phi) is 4.58. The van der Waals surface area contributed by atoms with E-state index >= 15 is 0 Å². The Morgan fingerprint density at radius 2 is 1.76 bits per heavy atom. The Morgan fingerprint density at radius 1 is 1.05 bits per heavy atom. The Labute approximate surface area is 133 Å². The number of methoxy groups -OCH3 is 1. The molecule has 0 amide bonds. The lowest BCUT2D eigenvalue weighted by Crippen LogP contribution is -2.15. The van der Waals surface area contributed by atoms with Gasteiger partial charge in [0.2, 0.25) is 0 Å². The quantitative estimate of drug-likeness (QED) is 0.889. The molecule has 1 N–H and O–H groups in total. The third-order valence-electron chi connectivity index (χ3n) is 3.12. The first-order valence-corrected chi connectivity index (χ1v) is 8.55. The van der Waals surface area contributed by atoms with Crippen LogP contribution >= 0.6 is 15.9 Å². The van der Waals surface area contributed by atoms with E-state index in [2.05, 4.69) is 20.7 Å². The molecule has 0 aromatic heterocycles. The summed E-state index contributed by atoms with van der Waals surface area (Å²) >= 11 is 3.30. The Hall–Kier alpha value is -1.53. The lowest BCUT2D eigenvalue weighted by Gasteiger charge is -2.13. The topological polar surface area (TPSA) is 55.4 Å². The molecule has 112 valence electrons. The zero-order valence-corrected chi connectivity index (χ0v) is 14.4. The Bertz CT molecular complexity index is 772. The number of hydrogen-bond acceptors (Lipinski definition) is 3. The number of rotatable bonds is 4. The molecular weight excluding hydrogens is 354 g/mol. The molecule has 0 unspecified atom stereocenters. The van der Waals surface area contributed by atoms with Crippen LogP contribution in [0.15, 0.2) is 45.8 Å². The van der Waals surface area contributed by atoms with Gasteiger partial charge in [-0.3, -0.25) is 4.72 Å². The first kappa shape index (κ1) is 15.9. The summed E-state index contributed by atoms with van der Waals surface area (Å²) in [6, 6.07) is 10.4. The van der Waals surface area contributed by atoms with Crippen molar-refractivity contribution in [2.75, 3.05) is 11.8 Å². The van der Waals surface area contributed by atoms with Gasteiger partial charge in [0.25, 0.3) is 10.0 Å². The van der Waals surface area contributed by atoms with Gasteiger partial charge in [-0.1, -0.05) is 22.0 Å². The van der Waals surface area contributed by atoms with E-state index in [-0.39, 0.29) is 4.90 Å². The van der Waals surface area contributed by atoms with Crippen molar-refractivity contribution in [3.8, 4) is 5.75 Å². The molecule has 21 heavy (non-hydrogen) atoms. The van der Waals surface area contributed by atoms with Gasteiger partial charge in [0.1, 0.15) is 5.75 Å². The smallest absolute Gasteiger partial charge is 0.262 e. The van der Waals surface area contributed by atoms with Crippen molar-refractivity contribution >= 4 is 31.6 Å². The van der Waals surface area contributed by atoms with E-state index < -0.39 is 10.0 Å². The molecule has 0 heterocycles. The van der Waals surface area contributed by atoms with Crippen molar-refractivity contribution in [3.05, 3.63) is 52.0 Å². The van der Waals surface area contributed by atoms with Crippen LogP contribution in [0.25, 0.3) is 0 Å². The molecule has 0 radical (unpaired) electrons. The Morgan fingerprint density at radius 3 is 2.38 bits per heavy atom. The molecule has 0 bridgehead atoms. The average Bonchev–Trinajstić information content (AvgIpc) is 2.43. The van der Waals surface area contributed by atoms with Crippen molar-refractivity contribution in [1.29, 1.82) is 0 Å². The van der Waals surface area contributed by atoms with Crippen LogP contribution in [-0.2, 0) is 10.0 Å². The fourth-order valence-corrected chi connectivity index (χ4v) is 3.86. The molecule has 0 saturated carbocycles. The first-order chi connectivity index (χ1) is 9.83. The van der Waals surface area contributed by atoms with E-state index in [1.54, 1.807) is 44.4 Å². The summed E-state index contributed by atoms with van der Waals surface area (Å²) < 4.78 is 33.5. The summed E-state index contributed by atoms with van der Waals surface area (Å²) in [7, 11) is -2.06. The van der Waals surface area contributed by atoms with Gasteiger partial charge in [-0.2, -0.15) is 0 Å². The number of anilines is 1. The second-order valence-corrected chi connectivity index (χ2v) is 7.26. The number of benzene rings is 2. The maximum absolute atomic E-state index is 12.5. The van der Waals surface area contributed by atoms with Gasteiger partial charge < -0.3 is 4.74 Å². The highest BCUT2D eigenvalue weighted by molar-refractivity contribution is 9.10. The van der Waals surface area contributed by atoms with Crippen molar-refractivity contribution in [3.63, 3.8) is 0 Å². The fourth-order valence-electron chi connectivity index (χ4n) is 1.94. The van der Waals surface area contributed by atoms with Crippen molar-refractivity contribution in [2.24, 2.45) is 0 Å². The van der Waals surface area contributed by atoms with Gasteiger partial charge in [-0.05, 0) is 55.3 Å². The van der Waals surface area contributed by atoms with E-state index in [0.29, 0.717) is 17.0 Å². The molecule has 0 saturated heterocycles. The molecule has 0 aliphatic rings. The normalized spacial score (nSPS) is 11.2. The summed E-state index contributed by atoms with van der Waals surface area (Å²) in [6.45, 7) is 3.59. The van der Waals surface area contributed by atoms with Crippen LogP contribution in [0.2, 0.25) is 0 Å². The number of ether oxygens (including phenoxy) is 1. The van der Waals surface area contributed by atoms with Gasteiger partial charge in [0.05, 0.1) is 17.7 Å². The molecular formula is C15H16BrNO3S. The SMILES string of the molecule is COc1ccc(NS(=O)(=O)c2cc(Br)ccc2C)c(C)c1. The fraction of sp³-hybridized carbons (Fsp3) is 0.200. The van der Waals surface area contributed by atoms with Crippen LogP contribution in [-0.4, -0.2) is 15.5 Å². The predicted molar refractivity (Wildman–Crippen MR) is 87.4 cm³/mol. The third kappa shape index (κ3) is 3.57. The highest BCUT2D eigenvalue weighted by Gasteiger charge is 2.18. The lowest BCUT2D eigenvalue weighted by atomic mass is 10.2. The molecule has 0 fully saturated rings. The van der Waals surface area contributed by atoms with E-state index in [4.69, 9.17) is 4.74 Å². The minimum atomic E-state index is -3.63. The second-order valence-electron chi connectivity index (χ2n) is 4.70. The molecule has 0 spiro atoms. The zero-order chi connectivity index (χ0) is 15.6. The van der Waals surface area contributed by atoms with E-state index in [0.717, 1.165) is 10.0 Å². The van der Waals surface area contributed by atoms with Crippen molar-refractivity contribution in [2.45, 2.75) is 18.7 Å². The van der Waals surface area contributed by atoms with Gasteiger partial charge in [-0.25, -0.2) is 8.42 Å². The molecule has 2 aromatic rings. The monoisotopic (exact) mass is 369 g/mol. The van der Waals surface area contributed by atoms with Crippen LogP contribution in [0.5, 0.6) is 5.75 Å². The van der Waals surface area contributed by atoms with Crippen LogP contribution < -0.4 is 9.46 Å². The number of sulfonamides is 1. The maximum atomic E-state index is 12.5. The molecule has 0 atom stereocenters. The summed E-state index contributed by atoms with van der Waals surface area (Å²) in [5.74, 6) is 0.689. The summed E-state index contributed by atoms with van der Waals surface area (Å²) in [5, 5.41) is 0. The number of halogens is 1. The van der Waals surface area contributed by atoms with Gasteiger partial charge in [-0.15, -0.1) is 0 Å². The highest BCUT2D eigenvalue weighted by atomic mass is 79.9. The standard InChI is InChI=1S/C15H16BrNO3S/c1-10-4-5-12(16)9-15(10)21(18,19)17-14-7-6-13(20-3)8-11(14)2/h4-9,17H,1-3H3. The molecule has 6 heteroatoms. The van der Waals surface area contributed by atoms with Crippen LogP contribution in [0.3, 0.4) is 0 Å². The summed E-state index contributed by atoms with van der Waals surface area (Å²) in [6.07, 6.45) is 0. The van der Waals surface area contributed by atoms with E-state index in [9.17, 15) is 8.42 Å². The highest BCUT2D eigenvalue weighted by Crippen LogP contribution is 2.26. The minimum absolute atomic E-state index is 0.257. The molecule has 0 aliphatic heterocycles. The summed E-state index contributed by atoms with van der Waals surface area (Å²) in [4.78, 5) is 0.257. The van der Waals surface area contributed by atoms with Gasteiger partial charge in [0.15, 0.2) is 0 Å². The second kappa shape index (κ2) is 6.07. The van der Waals surface area contributed by atoms with Gasteiger partial charge in [0, 0.05) is 4.47 Å².